The molecule has 0 bridgehead atoms. The summed E-state index contributed by atoms with van der Waals surface area (Å²) in [7, 11) is -0.683. The van der Waals surface area contributed by atoms with Gasteiger partial charge in [-0.3, -0.25) is 0 Å². The molecular formula is C25H20ClN3O5S. The van der Waals surface area contributed by atoms with E-state index in [0.29, 0.717) is 39.0 Å². The summed E-state index contributed by atoms with van der Waals surface area (Å²) in [5.74, 6) is 1.09. The van der Waals surface area contributed by atoms with Gasteiger partial charge >= 0.3 is 0 Å². The van der Waals surface area contributed by atoms with Crippen LogP contribution in [0.1, 0.15) is 0 Å². The normalized spacial score (nSPS) is 11.7. The van der Waals surface area contributed by atoms with E-state index in [1.165, 1.54) is 12.1 Å². The van der Waals surface area contributed by atoms with Crippen LogP contribution in [0.25, 0.3) is 39.2 Å². The Morgan fingerprint density at radius 3 is 2.31 bits per heavy atom. The van der Waals surface area contributed by atoms with Crippen LogP contribution < -0.4 is 14.6 Å². The van der Waals surface area contributed by atoms with Gasteiger partial charge in [0.2, 0.25) is 10.0 Å². The predicted octanol–water partition coefficient (Wildman–Crippen LogP) is 5.27. The zero-order chi connectivity index (χ0) is 24.7. The Morgan fingerprint density at radius 2 is 1.69 bits per heavy atom. The molecule has 2 heterocycles. The number of ether oxygens (including phenoxy) is 2. The SMILES string of the molecule is COc1cc2occc2c(OC)c1-c1cc(-c2ccc(Cl)cc2)n(-c2ccc(S(N)(=O)=O)cc2)n1. The minimum atomic E-state index is -3.83. The molecule has 0 spiro atoms. The summed E-state index contributed by atoms with van der Waals surface area (Å²) < 4.78 is 42.1. The van der Waals surface area contributed by atoms with Crippen LogP contribution in [-0.4, -0.2) is 32.4 Å². The van der Waals surface area contributed by atoms with Crippen molar-refractivity contribution in [3.63, 3.8) is 0 Å². The maximum absolute atomic E-state index is 11.7. The Labute approximate surface area is 206 Å². The highest BCUT2D eigenvalue weighted by molar-refractivity contribution is 7.89. The first kappa shape index (κ1) is 23.0. The highest BCUT2D eigenvalue weighted by Gasteiger charge is 2.23. The van der Waals surface area contributed by atoms with Crippen molar-refractivity contribution in [2.75, 3.05) is 14.2 Å². The molecule has 0 saturated carbocycles. The first-order chi connectivity index (χ1) is 16.8. The number of sulfonamides is 1. The molecule has 0 aliphatic heterocycles. The molecule has 2 N–H and O–H groups in total. The van der Waals surface area contributed by atoms with Crippen LogP contribution >= 0.6 is 11.6 Å². The third-order valence-electron chi connectivity index (χ3n) is 5.61. The molecular weight excluding hydrogens is 490 g/mol. The maximum atomic E-state index is 11.7. The van der Waals surface area contributed by atoms with Gasteiger partial charge < -0.3 is 13.9 Å². The Morgan fingerprint density at radius 1 is 0.971 bits per heavy atom. The lowest BCUT2D eigenvalue weighted by atomic mass is 10.0. The summed E-state index contributed by atoms with van der Waals surface area (Å²) in [4.78, 5) is 0.00965. The third kappa shape index (κ3) is 4.14. The predicted molar refractivity (Wildman–Crippen MR) is 134 cm³/mol. The third-order valence-corrected chi connectivity index (χ3v) is 6.80. The van der Waals surface area contributed by atoms with Gasteiger partial charge in [0.1, 0.15) is 22.8 Å². The number of rotatable bonds is 6. The second-order valence-corrected chi connectivity index (χ2v) is 9.69. The summed E-state index contributed by atoms with van der Waals surface area (Å²) in [5, 5.41) is 11.5. The van der Waals surface area contributed by atoms with Crippen molar-refractivity contribution in [3.05, 3.63) is 78.0 Å². The largest absolute Gasteiger partial charge is 0.496 e. The van der Waals surface area contributed by atoms with E-state index >= 15 is 0 Å². The number of furan rings is 1. The van der Waals surface area contributed by atoms with Crippen molar-refractivity contribution in [1.29, 1.82) is 0 Å². The first-order valence-corrected chi connectivity index (χ1v) is 12.3. The molecule has 5 aromatic rings. The van der Waals surface area contributed by atoms with Crippen molar-refractivity contribution in [2.24, 2.45) is 5.14 Å². The summed E-state index contributed by atoms with van der Waals surface area (Å²) >= 11 is 6.11. The van der Waals surface area contributed by atoms with Crippen molar-refractivity contribution in [3.8, 4) is 39.7 Å². The molecule has 3 aromatic carbocycles. The average Bonchev–Trinajstić information content (AvgIpc) is 3.50. The molecule has 0 atom stereocenters. The highest BCUT2D eigenvalue weighted by Crippen LogP contribution is 2.45. The van der Waals surface area contributed by atoms with Crippen molar-refractivity contribution < 1.29 is 22.3 Å². The van der Waals surface area contributed by atoms with Crippen LogP contribution in [0.5, 0.6) is 11.5 Å². The number of nitrogens with two attached hydrogens (primary N) is 1. The van der Waals surface area contributed by atoms with Gasteiger partial charge in [0.25, 0.3) is 0 Å². The van der Waals surface area contributed by atoms with E-state index in [0.717, 1.165) is 16.6 Å². The Hall–Kier alpha value is -3.79. The van der Waals surface area contributed by atoms with Gasteiger partial charge in [-0.25, -0.2) is 18.2 Å². The van der Waals surface area contributed by atoms with E-state index < -0.39 is 10.0 Å². The number of hydrogen-bond donors (Lipinski definition) is 1. The fourth-order valence-corrected chi connectivity index (χ4v) is 4.62. The highest BCUT2D eigenvalue weighted by atomic mass is 35.5. The van der Waals surface area contributed by atoms with Crippen LogP contribution in [0.2, 0.25) is 5.02 Å². The van der Waals surface area contributed by atoms with E-state index in [-0.39, 0.29) is 4.90 Å². The lowest BCUT2D eigenvalue weighted by molar-refractivity contribution is 0.399. The Kier molecular flexibility index (Phi) is 5.76. The molecule has 8 nitrogen and oxygen atoms in total. The molecule has 0 fully saturated rings. The van der Waals surface area contributed by atoms with Gasteiger partial charge in [-0.2, -0.15) is 5.10 Å². The number of hydrogen-bond acceptors (Lipinski definition) is 6. The molecule has 10 heteroatoms. The quantitative estimate of drug-likeness (QED) is 0.334. The molecule has 5 rings (SSSR count). The fourth-order valence-electron chi connectivity index (χ4n) is 3.98. The monoisotopic (exact) mass is 509 g/mol. The molecule has 35 heavy (non-hydrogen) atoms. The van der Waals surface area contributed by atoms with Gasteiger partial charge in [0, 0.05) is 16.7 Å². The molecule has 0 unspecified atom stereocenters. The number of aromatic nitrogens is 2. The first-order valence-electron chi connectivity index (χ1n) is 10.4. The van der Waals surface area contributed by atoms with Gasteiger partial charge in [-0.05, 0) is 48.5 Å². The van der Waals surface area contributed by atoms with Gasteiger partial charge in [-0.1, -0.05) is 23.7 Å². The number of benzene rings is 3. The van der Waals surface area contributed by atoms with Gasteiger partial charge in [-0.15, -0.1) is 0 Å². The molecule has 0 aliphatic rings. The standard InChI is InChI=1S/C25H20ClN3O5S/c1-32-23-14-22-19(11-12-34-22)25(33-2)24(23)20-13-21(15-3-5-16(26)6-4-15)29(28-20)17-7-9-18(10-8-17)35(27,30)31/h3-14H,1-2H3,(H2,27,30,31). The van der Waals surface area contributed by atoms with Crippen molar-refractivity contribution in [2.45, 2.75) is 4.90 Å². The van der Waals surface area contributed by atoms with E-state index in [1.54, 1.807) is 55.5 Å². The fraction of sp³-hybridized carbons (Fsp3) is 0.0800. The zero-order valence-corrected chi connectivity index (χ0v) is 20.3. The van der Waals surface area contributed by atoms with Crippen LogP contribution in [-0.2, 0) is 10.0 Å². The summed E-state index contributed by atoms with van der Waals surface area (Å²) in [6.45, 7) is 0. The van der Waals surface area contributed by atoms with Crippen molar-refractivity contribution in [1.82, 2.24) is 9.78 Å². The van der Waals surface area contributed by atoms with E-state index in [2.05, 4.69) is 0 Å². The Bertz CT molecular complexity index is 1640. The lowest BCUT2D eigenvalue weighted by Crippen LogP contribution is -2.12. The minimum Gasteiger partial charge on any atom is -0.496 e. The number of primary sulfonamides is 1. The average molecular weight is 510 g/mol. The van der Waals surface area contributed by atoms with Crippen LogP contribution in [0.3, 0.4) is 0 Å². The summed E-state index contributed by atoms with van der Waals surface area (Å²) in [5.41, 5.74) is 4.10. The van der Waals surface area contributed by atoms with Crippen LogP contribution in [0, 0.1) is 0 Å². The topological polar surface area (TPSA) is 110 Å². The van der Waals surface area contributed by atoms with Crippen LogP contribution in [0.15, 0.2) is 82.3 Å². The van der Waals surface area contributed by atoms with Gasteiger partial charge in [0.05, 0.1) is 47.7 Å². The number of methoxy groups -OCH3 is 2. The molecule has 0 amide bonds. The molecule has 0 saturated heterocycles. The second kappa shape index (κ2) is 8.77. The molecule has 178 valence electrons. The van der Waals surface area contributed by atoms with Crippen LogP contribution in [0.4, 0.5) is 0 Å². The minimum absolute atomic E-state index is 0.00965. The summed E-state index contributed by atoms with van der Waals surface area (Å²) in [6.07, 6.45) is 1.58. The number of fused-ring (bicyclic) bond motifs is 1. The number of halogens is 1. The molecule has 0 radical (unpaired) electrons. The van der Waals surface area contributed by atoms with Gasteiger partial charge in [0.15, 0.2) is 0 Å². The van der Waals surface area contributed by atoms with E-state index in [1.807, 2.05) is 24.3 Å². The maximum Gasteiger partial charge on any atom is 0.238 e. The number of nitrogens with zero attached hydrogens (tertiary/aromatic N) is 2. The molecule has 2 aromatic heterocycles. The zero-order valence-electron chi connectivity index (χ0n) is 18.7. The van der Waals surface area contributed by atoms with E-state index in [9.17, 15) is 8.42 Å². The van der Waals surface area contributed by atoms with Crippen molar-refractivity contribution >= 4 is 32.6 Å². The molecule has 0 aliphatic carbocycles. The summed E-state index contributed by atoms with van der Waals surface area (Å²) in [6, 6.07) is 19.0. The Balaban J connectivity index is 1.76. The van der Waals surface area contributed by atoms with E-state index in [4.69, 9.17) is 35.7 Å². The second-order valence-electron chi connectivity index (χ2n) is 7.69. The smallest absolute Gasteiger partial charge is 0.238 e. The lowest BCUT2D eigenvalue weighted by Gasteiger charge is -2.12.